The molecule has 135 valence electrons. The monoisotopic (exact) mass is 397 g/mol. The molecule has 3 aromatic rings. The number of hydrogen-bond acceptors (Lipinski definition) is 7. The van der Waals surface area contributed by atoms with Crippen molar-refractivity contribution in [2.24, 2.45) is 10.4 Å². The molecule has 0 spiro atoms. The van der Waals surface area contributed by atoms with Crippen LogP contribution in [0.1, 0.15) is 5.56 Å². The van der Waals surface area contributed by atoms with Gasteiger partial charge in [-0.25, -0.2) is 9.99 Å². The van der Waals surface area contributed by atoms with E-state index >= 15 is 0 Å². The van der Waals surface area contributed by atoms with E-state index in [0.717, 1.165) is 11.0 Å². The summed E-state index contributed by atoms with van der Waals surface area (Å²) >= 11 is 0. The first kappa shape index (κ1) is 20.8. The molecule has 0 saturated carbocycles. The molecule has 1 heterocycles. The third kappa shape index (κ3) is 6.01. The summed E-state index contributed by atoms with van der Waals surface area (Å²) < 4.78 is 0. The van der Waals surface area contributed by atoms with Crippen molar-refractivity contribution in [3.63, 3.8) is 0 Å². The van der Waals surface area contributed by atoms with Gasteiger partial charge in [0, 0.05) is 6.20 Å². The predicted molar refractivity (Wildman–Crippen MR) is 95.5 cm³/mol. The van der Waals surface area contributed by atoms with E-state index in [1.54, 1.807) is 29.6 Å². The molecule has 0 amide bonds. The van der Waals surface area contributed by atoms with Crippen molar-refractivity contribution >= 4 is 17.7 Å². The van der Waals surface area contributed by atoms with E-state index in [9.17, 15) is 5.11 Å². The van der Waals surface area contributed by atoms with Gasteiger partial charge < -0.3 is 15.2 Å². The Hall–Kier alpha value is -3.22. The fraction of sp³-hybridized carbons (Fsp3) is 0. The number of hydrazone groups is 1. The van der Waals surface area contributed by atoms with E-state index < -0.39 is 0 Å². The summed E-state index contributed by atoms with van der Waals surface area (Å²) in [7, 11) is 0. The van der Waals surface area contributed by atoms with Crippen LogP contribution in [0, 0.1) is 10.1 Å². The Kier molecular flexibility index (Phi) is 9.09. The molecule has 0 bridgehead atoms. The summed E-state index contributed by atoms with van der Waals surface area (Å²) in [4.78, 5) is 12.3. The molecule has 0 atom stereocenters. The number of anilines is 2. The Balaban J connectivity index is 0.000000791. The fourth-order valence-electron chi connectivity index (χ4n) is 2.01. The standard InChI is InChI=1S/C18H15N3O.Cu.HNO2/c22-17-11-5-4-8-15(17)14-20-21(16-9-2-1-3-10-16)18-12-6-7-13-19-18;;2-1-3/h1-14,22H;;(H,2,3)/q;+2;/p-2/b20-14+;;. The molecule has 7 nitrogen and oxygen atoms in total. The average molecular weight is 398 g/mol. The molecule has 26 heavy (non-hydrogen) atoms. The summed E-state index contributed by atoms with van der Waals surface area (Å²) in [5.74, 6) is 0.633. The largest absolute Gasteiger partial charge is 2.00 e. The van der Waals surface area contributed by atoms with E-state index in [1.807, 2.05) is 54.6 Å². The van der Waals surface area contributed by atoms with Crippen LogP contribution in [-0.2, 0) is 17.1 Å². The van der Waals surface area contributed by atoms with Gasteiger partial charge in [-0.3, -0.25) is 0 Å². The Morgan fingerprint density at radius 3 is 2.15 bits per heavy atom. The summed E-state index contributed by atoms with van der Waals surface area (Å²) in [6.07, 6.45) is 3.27. The zero-order valence-electron chi connectivity index (χ0n) is 13.4. The molecule has 0 unspecified atom stereocenters. The van der Waals surface area contributed by atoms with Crippen LogP contribution < -0.4 is 10.1 Å². The molecule has 0 N–H and O–H groups in total. The second-order valence-corrected chi connectivity index (χ2v) is 4.69. The van der Waals surface area contributed by atoms with E-state index in [4.69, 9.17) is 10.1 Å². The Morgan fingerprint density at radius 2 is 1.54 bits per heavy atom. The van der Waals surface area contributed by atoms with Crippen molar-refractivity contribution in [1.82, 2.24) is 4.98 Å². The molecule has 8 heteroatoms. The Morgan fingerprint density at radius 1 is 0.923 bits per heavy atom. The van der Waals surface area contributed by atoms with Crippen LogP contribution in [0.4, 0.5) is 11.5 Å². The normalized spacial score (nSPS) is 9.54. The third-order valence-electron chi connectivity index (χ3n) is 3.10. The van der Waals surface area contributed by atoms with Crippen molar-refractivity contribution in [1.29, 1.82) is 0 Å². The van der Waals surface area contributed by atoms with Gasteiger partial charge in [-0.15, -0.1) is 5.34 Å². The molecule has 0 fully saturated rings. The van der Waals surface area contributed by atoms with Crippen molar-refractivity contribution < 1.29 is 22.2 Å². The molecule has 0 aliphatic carbocycles. The molecule has 1 radical (unpaired) electrons. The second-order valence-electron chi connectivity index (χ2n) is 4.69. The number of aromatic nitrogens is 1. The molecule has 0 aliphatic rings. The van der Waals surface area contributed by atoms with Crippen LogP contribution >= 0.6 is 0 Å². The van der Waals surface area contributed by atoms with Crippen LogP contribution in [0.25, 0.3) is 0 Å². The number of benzene rings is 2. The van der Waals surface area contributed by atoms with Crippen molar-refractivity contribution in [2.75, 3.05) is 5.01 Å². The minimum Gasteiger partial charge on any atom is -0.872 e. The molecule has 2 aromatic carbocycles. The van der Waals surface area contributed by atoms with Crippen LogP contribution in [0.15, 0.2) is 89.4 Å². The zero-order valence-corrected chi connectivity index (χ0v) is 14.3. The van der Waals surface area contributed by atoms with Crippen molar-refractivity contribution in [3.05, 3.63) is 94.7 Å². The van der Waals surface area contributed by atoms with Gasteiger partial charge >= 0.3 is 17.1 Å². The number of rotatable bonds is 4. The Labute approximate surface area is 161 Å². The molecule has 3 rings (SSSR count). The summed E-state index contributed by atoms with van der Waals surface area (Å²) in [6, 6.07) is 22.1. The number of nitrogens with zero attached hydrogens (tertiary/aromatic N) is 4. The van der Waals surface area contributed by atoms with Gasteiger partial charge in [-0.1, -0.05) is 54.3 Å². The van der Waals surface area contributed by atoms with E-state index in [2.05, 4.69) is 10.1 Å². The molecule has 0 aliphatic heterocycles. The number of hydrogen-bond donors (Lipinski definition) is 0. The SMILES string of the molecule is O=N[O-].[Cu+2].[O-]c1ccccc1/C=N/N(c1ccccc1)c1ccccn1. The quantitative estimate of drug-likeness (QED) is 0.289. The van der Waals surface area contributed by atoms with E-state index in [1.165, 1.54) is 6.07 Å². The van der Waals surface area contributed by atoms with E-state index in [-0.39, 0.29) is 22.8 Å². The minimum absolute atomic E-state index is 0. The molecular formula is C18H14CuN4O3. The van der Waals surface area contributed by atoms with Crippen LogP contribution in [0.3, 0.4) is 0 Å². The first-order chi connectivity index (χ1) is 12.3. The third-order valence-corrected chi connectivity index (χ3v) is 3.10. The molecule has 0 saturated heterocycles. The summed E-state index contributed by atoms with van der Waals surface area (Å²) in [6.45, 7) is 0. The first-order valence-corrected chi connectivity index (χ1v) is 7.27. The van der Waals surface area contributed by atoms with Gasteiger partial charge in [0.15, 0.2) is 5.82 Å². The van der Waals surface area contributed by atoms with Crippen LogP contribution in [-0.4, -0.2) is 11.2 Å². The Bertz CT molecular complexity index is 777. The predicted octanol–water partition coefficient (Wildman–Crippen LogP) is 3.58. The summed E-state index contributed by atoms with van der Waals surface area (Å²) in [5, 5.41) is 26.9. The second kappa shape index (κ2) is 11.4. The van der Waals surface area contributed by atoms with Gasteiger partial charge in [0.05, 0.1) is 11.9 Å². The van der Waals surface area contributed by atoms with Crippen LogP contribution in [0.2, 0.25) is 0 Å². The topological polar surface area (TPSA) is 104 Å². The molecular weight excluding hydrogens is 384 g/mol. The van der Waals surface area contributed by atoms with Gasteiger partial charge in [0.2, 0.25) is 0 Å². The van der Waals surface area contributed by atoms with Crippen molar-refractivity contribution in [3.8, 4) is 5.75 Å². The van der Waals surface area contributed by atoms with Gasteiger partial charge in [-0.05, 0) is 29.8 Å². The van der Waals surface area contributed by atoms with E-state index in [0.29, 0.717) is 11.4 Å². The smallest absolute Gasteiger partial charge is 0.872 e. The fourth-order valence-corrected chi connectivity index (χ4v) is 2.01. The number of para-hydroxylation sites is 2. The van der Waals surface area contributed by atoms with Gasteiger partial charge in [0.25, 0.3) is 0 Å². The maximum atomic E-state index is 11.8. The van der Waals surface area contributed by atoms with Gasteiger partial charge in [-0.2, -0.15) is 5.10 Å². The zero-order chi connectivity index (χ0) is 17.9. The summed E-state index contributed by atoms with van der Waals surface area (Å²) in [5.41, 5.74) is 1.42. The maximum Gasteiger partial charge on any atom is 2.00 e. The maximum absolute atomic E-state index is 11.8. The van der Waals surface area contributed by atoms with Crippen LogP contribution in [0.5, 0.6) is 5.75 Å². The first-order valence-electron chi connectivity index (χ1n) is 7.27. The average Bonchev–Trinajstić information content (AvgIpc) is 2.66. The number of pyridine rings is 1. The minimum atomic E-state index is -0.0553. The van der Waals surface area contributed by atoms with Crippen molar-refractivity contribution in [2.45, 2.75) is 0 Å². The van der Waals surface area contributed by atoms with Gasteiger partial charge in [0.1, 0.15) is 0 Å². The molecule has 1 aromatic heterocycles.